The SMILES string of the molecule is Cn1c(-c2ccncc2)nc2c(N3CCOCC3)nc(-c3cccc(C4CCN(C(=O)OC(C)(C)C)CC4)n3)nc21. The summed E-state index contributed by atoms with van der Waals surface area (Å²) in [5, 5.41) is 0. The van der Waals surface area contributed by atoms with Crippen LogP contribution in [0.5, 0.6) is 0 Å². The lowest BCUT2D eigenvalue weighted by Crippen LogP contribution is -2.41. The van der Waals surface area contributed by atoms with Gasteiger partial charge < -0.3 is 23.8 Å². The fourth-order valence-corrected chi connectivity index (χ4v) is 5.40. The van der Waals surface area contributed by atoms with E-state index in [0.29, 0.717) is 32.1 Å². The lowest BCUT2D eigenvalue weighted by atomic mass is 9.93. The normalized spacial score (nSPS) is 16.8. The van der Waals surface area contributed by atoms with Gasteiger partial charge in [-0.3, -0.25) is 4.98 Å². The van der Waals surface area contributed by atoms with Crippen molar-refractivity contribution in [2.24, 2.45) is 7.05 Å². The maximum absolute atomic E-state index is 12.5. The summed E-state index contributed by atoms with van der Waals surface area (Å²) in [5.41, 5.74) is 3.69. The van der Waals surface area contributed by atoms with Crippen molar-refractivity contribution >= 4 is 23.1 Å². The molecule has 0 N–H and O–H groups in total. The number of ether oxygens (including phenoxy) is 2. The lowest BCUT2D eigenvalue weighted by molar-refractivity contribution is 0.0204. The lowest BCUT2D eigenvalue weighted by Gasteiger charge is -2.33. The van der Waals surface area contributed by atoms with Crippen LogP contribution in [-0.4, -0.2) is 85.5 Å². The molecular formula is C30H36N8O3. The summed E-state index contributed by atoms with van der Waals surface area (Å²) in [7, 11) is 1.98. The number of hydrogen-bond donors (Lipinski definition) is 0. The number of imidazole rings is 1. The number of amides is 1. The second kappa shape index (κ2) is 11.0. The van der Waals surface area contributed by atoms with Crippen LogP contribution in [0.25, 0.3) is 34.1 Å². The first-order valence-electron chi connectivity index (χ1n) is 14.2. The Morgan fingerprint density at radius 3 is 2.39 bits per heavy atom. The largest absolute Gasteiger partial charge is 0.444 e. The van der Waals surface area contributed by atoms with E-state index in [0.717, 1.165) is 65.7 Å². The van der Waals surface area contributed by atoms with Crippen molar-refractivity contribution in [2.75, 3.05) is 44.3 Å². The number of piperidine rings is 1. The summed E-state index contributed by atoms with van der Waals surface area (Å²) >= 11 is 0. The van der Waals surface area contributed by atoms with Gasteiger partial charge in [0, 0.05) is 62.8 Å². The van der Waals surface area contributed by atoms with Gasteiger partial charge in [0.1, 0.15) is 17.1 Å². The molecular weight excluding hydrogens is 520 g/mol. The van der Waals surface area contributed by atoms with E-state index >= 15 is 0 Å². The second-order valence-corrected chi connectivity index (χ2v) is 11.6. The molecule has 0 saturated carbocycles. The number of carbonyl (C=O) groups is 1. The molecule has 4 aromatic rings. The zero-order valence-electron chi connectivity index (χ0n) is 24.1. The quantitative estimate of drug-likeness (QED) is 0.360. The van der Waals surface area contributed by atoms with E-state index in [1.165, 1.54) is 0 Å². The van der Waals surface area contributed by atoms with E-state index in [-0.39, 0.29) is 12.0 Å². The van der Waals surface area contributed by atoms with Gasteiger partial charge in [0.2, 0.25) is 0 Å². The number of morpholine rings is 1. The smallest absolute Gasteiger partial charge is 0.410 e. The van der Waals surface area contributed by atoms with Crippen molar-refractivity contribution in [1.82, 2.24) is 34.4 Å². The van der Waals surface area contributed by atoms with E-state index < -0.39 is 5.60 Å². The van der Waals surface area contributed by atoms with Gasteiger partial charge in [0.15, 0.2) is 22.8 Å². The topological polar surface area (TPSA) is 111 Å². The summed E-state index contributed by atoms with van der Waals surface area (Å²) in [6, 6.07) is 9.94. The molecule has 6 heterocycles. The predicted molar refractivity (Wildman–Crippen MR) is 156 cm³/mol. The number of aryl methyl sites for hydroxylation is 1. The number of nitrogens with zero attached hydrogens (tertiary/aromatic N) is 8. The first-order chi connectivity index (χ1) is 19.8. The molecule has 11 nitrogen and oxygen atoms in total. The van der Waals surface area contributed by atoms with Crippen molar-refractivity contribution in [1.29, 1.82) is 0 Å². The average Bonchev–Trinajstić information content (AvgIpc) is 3.33. The van der Waals surface area contributed by atoms with Gasteiger partial charge in [0.25, 0.3) is 0 Å². The van der Waals surface area contributed by atoms with Crippen molar-refractivity contribution in [2.45, 2.75) is 45.1 Å². The van der Waals surface area contributed by atoms with E-state index in [1.54, 1.807) is 17.3 Å². The highest BCUT2D eigenvalue weighted by Gasteiger charge is 2.29. The molecule has 0 aromatic carbocycles. The van der Waals surface area contributed by atoms with Crippen molar-refractivity contribution in [3.05, 3.63) is 48.4 Å². The Balaban J connectivity index is 1.32. The summed E-state index contributed by atoms with van der Waals surface area (Å²) < 4.78 is 13.2. The van der Waals surface area contributed by atoms with Crippen LogP contribution in [0.4, 0.5) is 10.6 Å². The van der Waals surface area contributed by atoms with Gasteiger partial charge in [-0.05, 0) is 57.9 Å². The summed E-state index contributed by atoms with van der Waals surface area (Å²) in [6.45, 7) is 9.70. The van der Waals surface area contributed by atoms with Gasteiger partial charge in [0.05, 0.1) is 13.2 Å². The molecule has 41 heavy (non-hydrogen) atoms. The standard InChI is InChI=1S/C30H36N8O3/c1-30(2,3)41-29(39)38-14-10-20(11-15-38)22-6-5-7-23(32-22)25-34-27-24(28(35-25)37-16-18-40-19-17-37)33-26(36(27)4)21-8-12-31-13-9-21/h5-9,12-13,20H,10-11,14-19H2,1-4H3. The average molecular weight is 557 g/mol. The molecule has 0 atom stereocenters. The van der Waals surface area contributed by atoms with Crippen LogP contribution in [0.2, 0.25) is 0 Å². The van der Waals surface area contributed by atoms with Crippen LogP contribution in [0, 0.1) is 0 Å². The fraction of sp³-hybridized carbons (Fsp3) is 0.467. The van der Waals surface area contributed by atoms with Crippen molar-refractivity contribution in [3.8, 4) is 22.9 Å². The molecule has 0 spiro atoms. The number of anilines is 1. The Morgan fingerprint density at radius 1 is 0.951 bits per heavy atom. The minimum absolute atomic E-state index is 0.242. The molecule has 2 saturated heterocycles. The molecule has 0 radical (unpaired) electrons. The molecule has 214 valence electrons. The monoisotopic (exact) mass is 556 g/mol. The first kappa shape index (κ1) is 27.1. The Bertz CT molecular complexity index is 1530. The Labute approximate surface area is 239 Å². The van der Waals surface area contributed by atoms with Crippen molar-refractivity contribution < 1.29 is 14.3 Å². The minimum Gasteiger partial charge on any atom is -0.444 e. The van der Waals surface area contributed by atoms with Crippen LogP contribution in [0.1, 0.15) is 45.2 Å². The van der Waals surface area contributed by atoms with Crippen LogP contribution in [-0.2, 0) is 16.5 Å². The van der Waals surface area contributed by atoms with E-state index in [2.05, 4.69) is 16.0 Å². The molecule has 2 aliphatic heterocycles. The number of fused-ring (bicyclic) bond motifs is 1. The molecule has 11 heteroatoms. The van der Waals surface area contributed by atoms with Crippen LogP contribution < -0.4 is 4.90 Å². The van der Waals surface area contributed by atoms with Gasteiger partial charge in [-0.2, -0.15) is 0 Å². The van der Waals surface area contributed by atoms with Gasteiger partial charge >= 0.3 is 6.09 Å². The van der Waals surface area contributed by atoms with Gasteiger partial charge in [-0.15, -0.1) is 0 Å². The number of aromatic nitrogens is 6. The van der Waals surface area contributed by atoms with Crippen LogP contribution in [0.3, 0.4) is 0 Å². The number of rotatable bonds is 4. The number of likely N-dealkylation sites (tertiary alicyclic amines) is 1. The van der Waals surface area contributed by atoms with Crippen molar-refractivity contribution in [3.63, 3.8) is 0 Å². The third-order valence-corrected chi connectivity index (χ3v) is 7.51. The van der Waals surface area contributed by atoms with Crippen LogP contribution in [0.15, 0.2) is 42.7 Å². The van der Waals surface area contributed by atoms with Crippen LogP contribution >= 0.6 is 0 Å². The zero-order chi connectivity index (χ0) is 28.6. The number of carbonyl (C=O) groups excluding carboxylic acids is 1. The highest BCUT2D eigenvalue weighted by Crippen LogP contribution is 2.32. The number of hydrogen-bond acceptors (Lipinski definition) is 9. The molecule has 2 fully saturated rings. The molecule has 6 rings (SSSR count). The molecule has 4 aromatic heterocycles. The van der Waals surface area contributed by atoms with E-state index in [4.69, 9.17) is 29.4 Å². The van der Waals surface area contributed by atoms with Gasteiger partial charge in [-0.25, -0.2) is 24.7 Å². The second-order valence-electron chi connectivity index (χ2n) is 11.6. The molecule has 2 aliphatic rings. The fourth-order valence-electron chi connectivity index (χ4n) is 5.40. The molecule has 0 unspecified atom stereocenters. The highest BCUT2D eigenvalue weighted by atomic mass is 16.6. The molecule has 0 bridgehead atoms. The summed E-state index contributed by atoms with van der Waals surface area (Å²) in [4.78, 5) is 40.8. The Hall–Kier alpha value is -4.12. The highest BCUT2D eigenvalue weighted by molar-refractivity contribution is 5.88. The Morgan fingerprint density at radius 2 is 1.68 bits per heavy atom. The van der Waals surface area contributed by atoms with E-state index in [9.17, 15) is 4.79 Å². The first-order valence-corrected chi connectivity index (χ1v) is 14.2. The molecule has 0 aliphatic carbocycles. The summed E-state index contributed by atoms with van der Waals surface area (Å²) in [5.74, 6) is 2.41. The number of pyridine rings is 2. The Kier molecular flexibility index (Phi) is 7.29. The molecule has 1 amide bonds. The zero-order valence-corrected chi connectivity index (χ0v) is 24.1. The summed E-state index contributed by atoms with van der Waals surface area (Å²) in [6.07, 6.45) is 4.93. The van der Waals surface area contributed by atoms with E-state index in [1.807, 2.05) is 56.7 Å². The predicted octanol–water partition coefficient (Wildman–Crippen LogP) is 4.44. The minimum atomic E-state index is -0.502. The third-order valence-electron chi connectivity index (χ3n) is 7.51. The van der Waals surface area contributed by atoms with Gasteiger partial charge in [-0.1, -0.05) is 6.07 Å². The maximum atomic E-state index is 12.5. The third kappa shape index (κ3) is 5.72. The maximum Gasteiger partial charge on any atom is 0.410 e.